The minimum absolute atomic E-state index is 0.111. The second-order valence-electron chi connectivity index (χ2n) is 9.64. The molecule has 38 heavy (non-hydrogen) atoms. The van der Waals surface area contributed by atoms with Gasteiger partial charge in [-0.05, 0) is 69.0 Å². The average molecular weight is 550 g/mol. The molecule has 0 spiro atoms. The number of hydrogen-bond donors (Lipinski definition) is 2. The lowest BCUT2D eigenvalue weighted by molar-refractivity contribution is -0.137. The largest absolute Gasteiger partial charge is 0.417 e. The van der Waals surface area contributed by atoms with Crippen LogP contribution in [0, 0.1) is 5.92 Å². The van der Waals surface area contributed by atoms with Gasteiger partial charge in [0.2, 0.25) is 0 Å². The standard InChI is InChI=1S/C27H27ClF3N3O4/c1-14(2)33(3)24(35)17-11-12-18-21(13-17)34(32-23(18)15-7-9-16(10-8-15)26(37)38)25(36)22-19(27(29,30)31)5-4-6-20(22)28/h4-7,11-14,16,26,37-38H,8-10H2,1-3H3. The number of alkyl halides is 3. The van der Waals surface area contributed by atoms with Crippen LogP contribution >= 0.6 is 11.6 Å². The zero-order chi connectivity index (χ0) is 27.9. The third-order valence-electron chi connectivity index (χ3n) is 6.93. The average Bonchev–Trinajstić information content (AvgIpc) is 3.25. The Morgan fingerprint density at radius 1 is 1.18 bits per heavy atom. The van der Waals surface area contributed by atoms with Gasteiger partial charge in [0.1, 0.15) is 0 Å². The summed E-state index contributed by atoms with van der Waals surface area (Å²) >= 11 is 6.11. The van der Waals surface area contributed by atoms with Gasteiger partial charge in [0.05, 0.1) is 27.4 Å². The first kappa shape index (κ1) is 27.8. The second-order valence-corrected chi connectivity index (χ2v) is 10.1. The molecule has 1 aromatic heterocycles. The number of nitrogens with zero attached hydrogens (tertiary/aromatic N) is 3. The van der Waals surface area contributed by atoms with Gasteiger partial charge in [-0.3, -0.25) is 9.59 Å². The highest BCUT2D eigenvalue weighted by Gasteiger charge is 2.37. The predicted octanol–water partition coefficient (Wildman–Crippen LogP) is 5.37. The Bertz CT molecular complexity index is 1430. The first-order valence-electron chi connectivity index (χ1n) is 12.1. The maximum Gasteiger partial charge on any atom is 0.417 e. The highest BCUT2D eigenvalue weighted by molar-refractivity contribution is 6.34. The zero-order valence-electron chi connectivity index (χ0n) is 21.0. The van der Waals surface area contributed by atoms with E-state index in [1.54, 1.807) is 25.3 Å². The quantitative estimate of drug-likeness (QED) is 0.417. The topological polar surface area (TPSA) is 95.7 Å². The summed E-state index contributed by atoms with van der Waals surface area (Å²) < 4.78 is 42.3. The highest BCUT2D eigenvalue weighted by atomic mass is 35.5. The summed E-state index contributed by atoms with van der Waals surface area (Å²) in [5, 5.41) is 23.5. The molecule has 1 aliphatic carbocycles. The zero-order valence-corrected chi connectivity index (χ0v) is 21.7. The number of aromatic nitrogens is 2. The van der Waals surface area contributed by atoms with Gasteiger partial charge in [-0.1, -0.05) is 23.7 Å². The van der Waals surface area contributed by atoms with Crippen molar-refractivity contribution in [2.24, 2.45) is 5.92 Å². The van der Waals surface area contributed by atoms with Crippen molar-refractivity contribution in [1.29, 1.82) is 0 Å². The van der Waals surface area contributed by atoms with Gasteiger partial charge in [-0.25, -0.2) is 0 Å². The van der Waals surface area contributed by atoms with E-state index in [9.17, 15) is 33.0 Å². The number of amides is 1. The fourth-order valence-electron chi connectivity index (χ4n) is 4.50. The maximum atomic E-state index is 13.8. The summed E-state index contributed by atoms with van der Waals surface area (Å²) in [6, 6.07) is 7.64. The van der Waals surface area contributed by atoms with Crippen molar-refractivity contribution in [2.45, 2.75) is 51.6 Å². The summed E-state index contributed by atoms with van der Waals surface area (Å²) in [7, 11) is 1.63. The number of benzene rings is 2. The molecule has 1 atom stereocenters. The Kier molecular flexibility index (Phi) is 7.69. The molecule has 7 nitrogen and oxygen atoms in total. The number of aliphatic hydroxyl groups is 2. The van der Waals surface area contributed by atoms with E-state index in [0.29, 0.717) is 35.9 Å². The Morgan fingerprint density at radius 3 is 2.47 bits per heavy atom. The molecule has 0 bridgehead atoms. The Hall–Kier alpha value is -3.21. The molecule has 11 heteroatoms. The molecule has 1 amide bonds. The van der Waals surface area contributed by atoms with Crippen LogP contribution in [0.15, 0.2) is 42.5 Å². The molecule has 0 saturated carbocycles. The van der Waals surface area contributed by atoms with E-state index in [1.165, 1.54) is 17.0 Å². The van der Waals surface area contributed by atoms with E-state index in [4.69, 9.17) is 11.6 Å². The molecule has 202 valence electrons. The Morgan fingerprint density at radius 2 is 1.89 bits per heavy atom. The molecule has 2 N–H and O–H groups in total. The van der Waals surface area contributed by atoms with Crippen LogP contribution in [0.2, 0.25) is 5.02 Å². The number of hydrogen-bond acceptors (Lipinski definition) is 5. The van der Waals surface area contributed by atoms with Crippen molar-refractivity contribution in [2.75, 3.05) is 7.05 Å². The van der Waals surface area contributed by atoms with Crippen molar-refractivity contribution in [1.82, 2.24) is 14.7 Å². The van der Waals surface area contributed by atoms with Crippen LogP contribution in [-0.4, -0.2) is 56.1 Å². The van der Waals surface area contributed by atoms with E-state index in [1.807, 2.05) is 13.8 Å². The van der Waals surface area contributed by atoms with Gasteiger partial charge in [-0.15, -0.1) is 0 Å². The molecule has 3 aromatic rings. The molecule has 2 aromatic carbocycles. The van der Waals surface area contributed by atoms with Gasteiger partial charge in [0.25, 0.3) is 11.8 Å². The number of rotatable bonds is 5. The Balaban J connectivity index is 1.92. The normalized spacial score (nSPS) is 16.3. The summed E-state index contributed by atoms with van der Waals surface area (Å²) in [5.74, 6) is -1.77. The number of fused-ring (bicyclic) bond motifs is 1. The van der Waals surface area contributed by atoms with E-state index < -0.39 is 29.5 Å². The molecular weight excluding hydrogens is 523 g/mol. The third-order valence-corrected chi connectivity index (χ3v) is 7.24. The van der Waals surface area contributed by atoms with Gasteiger partial charge >= 0.3 is 6.18 Å². The lowest BCUT2D eigenvalue weighted by Crippen LogP contribution is -2.32. The maximum absolute atomic E-state index is 13.8. The fraction of sp³-hybridized carbons (Fsp3) is 0.370. The monoisotopic (exact) mass is 549 g/mol. The molecule has 1 aliphatic rings. The molecule has 1 heterocycles. The minimum Gasteiger partial charge on any atom is -0.368 e. The predicted molar refractivity (Wildman–Crippen MR) is 137 cm³/mol. The molecule has 0 fully saturated rings. The second kappa shape index (κ2) is 10.5. The molecule has 0 saturated heterocycles. The van der Waals surface area contributed by atoms with Crippen molar-refractivity contribution in [3.05, 3.63) is 69.9 Å². The van der Waals surface area contributed by atoms with Crippen molar-refractivity contribution >= 4 is 39.9 Å². The van der Waals surface area contributed by atoms with Gasteiger partial charge in [0.15, 0.2) is 6.29 Å². The van der Waals surface area contributed by atoms with Crippen LogP contribution in [0.3, 0.4) is 0 Å². The van der Waals surface area contributed by atoms with Crippen LogP contribution in [-0.2, 0) is 6.18 Å². The first-order chi connectivity index (χ1) is 17.8. The Labute approximate surface area is 222 Å². The minimum atomic E-state index is -4.84. The summed E-state index contributed by atoms with van der Waals surface area (Å²) in [6.45, 7) is 3.68. The van der Waals surface area contributed by atoms with E-state index in [2.05, 4.69) is 5.10 Å². The van der Waals surface area contributed by atoms with Crippen molar-refractivity contribution < 1.29 is 33.0 Å². The summed E-state index contributed by atoms with van der Waals surface area (Å²) in [6.07, 6.45) is -3.31. The van der Waals surface area contributed by atoms with Gasteiger partial charge in [-0.2, -0.15) is 23.0 Å². The lowest BCUT2D eigenvalue weighted by Gasteiger charge is -2.22. The number of halogens is 4. The van der Waals surface area contributed by atoms with E-state index in [0.717, 1.165) is 16.8 Å². The SMILES string of the molecule is CC(C)N(C)C(=O)c1ccc2c(C3=CCC(C(O)O)CC3)nn(C(=O)c3c(Cl)cccc3C(F)(F)F)c2c1. The number of carbonyl (C=O) groups is 2. The van der Waals surface area contributed by atoms with Crippen LogP contribution < -0.4 is 0 Å². The van der Waals surface area contributed by atoms with Crippen molar-refractivity contribution in [3.63, 3.8) is 0 Å². The molecular formula is C27H27ClF3N3O4. The van der Waals surface area contributed by atoms with Crippen LogP contribution in [0.5, 0.6) is 0 Å². The smallest absolute Gasteiger partial charge is 0.368 e. The molecule has 0 radical (unpaired) electrons. The van der Waals surface area contributed by atoms with Crippen molar-refractivity contribution in [3.8, 4) is 0 Å². The fourth-order valence-corrected chi connectivity index (χ4v) is 4.76. The summed E-state index contributed by atoms with van der Waals surface area (Å²) in [5.41, 5.74) is -0.446. The lowest BCUT2D eigenvalue weighted by atomic mass is 9.87. The van der Waals surface area contributed by atoms with Gasteiger partial charge < -0.3 is 15.1 Å². The first-order valence-corrected chi connectivity index (χ1v) is 12.4. The number of aliphatic hydroxyl groups excluding tert-OH is 1. The molecule has 0 aliphatic heterocycles. The highest BCUT2D eigenvalue weighted by Crippen LogP contribution is 2.38. The van der Waals surface area contributed by atoms with Crippen LogP contribution in [0.4, 0.5) is 13.2 Å². The third kappa shape index (κ3) is 5.21. The molecule has 1 unspecified atom stereocenters. The van der Waals surface area contributed by atoms with Crippen LogP contribution in [0.25, 0.3) is 16.5 Å². The van der Waals surface area contributed by atoms with E-state index in [-0.39, 0.29) is 34.0 Å². The number of allylic oxidation sites excluding steroid dienone is 2. The van der Waals surface area contributed by atoms with Crippen LogP contribution in [0.1, 0.15) is 65.1 Å². The molecule has 4 rings (SSSR count). The number of carbonyl (C=O) groups excluding carboxylic acids is 2. The summed E-state index contributed by atoms with van der Waals surface area (Å²) in [4.78, 5) is 28.2. The van der Waals surface area contributed by atoms with E-state index >= 15 is 0 Å². The van der Waals surface area contributed by atoms with Gasteiger partial charge in [0, 0.05) is 30.0 Å².